The molecule has 4 rings (SSSR count). The van der Waals surface area contributed by atoms with Gasteiger partial charge in [-0.25, -0.2) is 9.38 Å². The highest BCUT2D eigenvalue weighted by molar-refractivity contribution is 7.15. The highest BCUT2D eigenvalue weighted by atomic mass is 32.1. The molecule has 38 heavy (non-hydrogen) atoms. The molecule has 0 spiro atoms. The number of para-hydroxylation sites is 1. The van der Waals surface area contributed by atoms with Crippen molar-refractivity contribution < 1.29 is 22.6 Å². The number of nitrogens with zero attached hydrogens (tertiary/aromatic N) is 3. The molecule has 2 aromatic heterocycles. The van der Waals surface area contributed by atoms with E-state index >= 15 is 0 Å². The summed E-state index contributed by atoms with van der Waals surface area (Å²) in [4.78, 5) is 17.8. The highest BCUT2D eigenvalue weighted by Gasteiger charge is 2.36. The summed E-state index contributed by atoms with van der Waals surface area (Å²) in [5.74, 6) is 1.01. The Morgan fingerprint density at radius 2 is 1.82 bits per heavy atom. The van der Waals surface area contributed by atoms with Crippen molar-refractivity contribution in [2.75, 3.05) is 13.7 Å². The lowest BCUT2D eigenvalue weighted by atomic mass is 9.98. The Hall–Kier alpha value is -4.10. The summed E-state index contributed by atoms with van der Waals surface area (Å²) >= 11 is 0.731. The molecule has 0 bridgehead atoms. The maximum atomic E-state index is 13.6. The number of hydrogen-bond acceptors (Lipinski definition) is 6. The van der Waals surface area contributed by atoms with Crippen molar-refractivity contribution in [3.63, 3.8) is 0 Å². The van der Waals surface area contributed by atoms with Crippen LogP contribution in [-0.2, 0) is 6.18 Å². The van der Waals surface area contributed by atoms with Crippen LogP contribution in [0.25, 0.3) is 28.2 Å². The number of alkyl halides is 3. The number of fused-ring (bicyclic) bond motifs is 1. The summed E-state index contributed by atoms with van der Waals surface area (Å²) in [5.41, 5.74) is -0.584. The molecule has 0 unspecified atom stereocenters. The summed E-state index contributed by atoms with van der Waals surface area (Å²) in [5, 5.41) is 10.0. The van der Waals surface area contributed by atoms with E-state index in [9.17, 15) is 18.0 Å². The zero-order valence-corrected chi connectivity index (χ0v) is 21.9. The molecule has 0 saturated carbocycles. The molecule has 0 aliphatic heterocycles. The third-order valence-corrected chi connectivity index (χ3v) is 6.32. The second-order valence-electron chi connectivity index (χ2n) is 9.66. The summed E-state index contributed by atoms with van der Waals surface area (Å²) in [6.07, 6.45) is -1.48. The number of nitriles is 1. The van der Waals surface area contributed by atoms with Crippen LogP contribution < -0.4 is 15.0 Å². The zero-order valence-electron chi connectivity index (χ0n) is 21.1. The Labute approximate surface area is 221 Å². The molecule has 10 heteroatoms. The highest BCUT2D eigenvalue weighted by Crippen LogP contribution is 2.35. The Bertz CT molecular complexity index is 1610. The third-order valence-electron chi connectivity index (χ3n) is 5.49. The molecule has 2 heterocycles. The minimum atomic E-state index is -4.73. The van der Waals surface area contributed by atoms with Gasteiger partial charge in [0.2, 0.25) is 0 Å². The van der Waals surface area contributed by atoms with Crippen LogP contribution in [0.5, 0.6) is 11.5 Å². The molecule has 0 fully saturated rings. The molecule has 0 aliphatic rings. The summed E-state index contributed by atoms with van der Waals surface area (Å²) in [6.45, 7) is 6.51. The van der Waals surface area contributed by atoms with Crippen LogP contribution in [0.1, 0.15) is 43.3 Å². The number of methoxy groups -OCH3 is 1. The summed E-state index contributed by atoms with van der Waals surface area (Å²) in [7, 11) is 1.53. The van der Waals surface area contributed by atoms with Gasteiger partial charge in [0.25, 0.3) is 5.56 Å². The molecule has 4 aromatic rings. The van der Waals surface area contributed by atoms with Crippen molar-refractivity contribution in [2.45, 2.75) is 26.9 Å². The number of thiazole rings is 1. The minimum Gasteiger partial charge on any atom is -0.493 e. The van der Waals surface area contributed by atoms with Gasteiger partial charge in [0.15, 0.2) is 16.5 Å². The topological polar surface area (TPSA) is 76.6 Å². The standard InChI is InChI=1S/C28H24F3N3O3S/c1-27(2,3)16-37-24-19(6-5-7-21(24)36-4)12-13-20-23(18-10-8-17(14-32)9-11-18)25(35)34-22(28(29,30)31)15-38-26(34)33-20/h5-13,15H,16H2,1-4H3. The van der Waals surface area contributed by atoms with Gasteiger partial charge in [0.05, 0.1) is 36.6 Å². The predicted octanol–water partition coefficient (Wildman–Crippen LogP) is 6.92. The lowest BCUT2D eigenvalue weighted by Crippen LogP contribution is -2.23. The monoisotopic (exact) mass is 539 g/mol. The van der Waals surface area contributed by atoms with Gasteiger partial charge in [-0.2, -0.15) is 18.4 Å². The van der Waals surface area contributed by atoms with Crippen LogP contribution in [0.3, 0.4) is 0 Å². The van der Waals surface area contributed by atoms with Crippen LogP contribution >= 0.6 is 11.3 Å². The summed E-state index contributed by atoms with van der Waals surface area (Å²) < 4.78 is 53.1. The van der Waals surface area contributed by atoms with Gasteiger partial charge in [-0.15, -0.1) is 11.3 Å². The first-order chi connectivity index (χ1) is 17.9. The van der Waals surface area contributed by atoms with Crippen LogP contribution in [0.4, 0.5) is 13.2 Å². The van der Waals surface area contributed by atoms with Crippen molar-refractivity contribution in [2.24, 2.45) is 5.41 Å². The first kappa shape index (κ1) is 26.9. The molecule has 6 nitrogen and oxygen atoms in total. The number of rotatable bonds is 6. The average Bonchev–Trinajstić information content (AvgIpc) is 3.31. The average molecular weight is 540 g/mol. The number of benzene rings is 2. The van der Waals surface area contributed by atoms with E-state index in [0.717, 1.165) is 16.7 Å². The van der Waals surface area contributed by atoms with E-state index < -0.39 is 17.4 Å². The lowest BCUT2D eigenvalue weighted by Gasteiger charge is -2.21. The fourth-order valence-corrected chi connectivity index (χ4v) is 4.60. The number of halogens is 3. The first-order valence-electron chi connectivity index (χ1n) is 11.5. The normalized spacial score (nSPS) is 12.2. The lowest BCUT2D eigenvalue weighted by molar-refractivity contribution is -0.141. The molecule has 0 saturated heterocycles. The van der Waals surface area contributed by atoms with Crippen molar-refractivity contribution in [3.8, 4) is 28.7 Å². The van der Waals surface area contributed by atoms with Gasteiger partial charge in [-0.3, -0.25) is 4.79 Å². The number of hydrogen-bond donors (Lipinski definition) is 0. The predicted molar refractivity (Wildman–Crippen MR) is 141 cm³/mol. The van der Waals surface area contributed by atoms with Crippen LogP contribution in [0.2, 0.25) is 0 Å². The SMILES string of the molecule is COc1cccc(C=Cc2nc3scc(C(F)(F)F)n3c(=O)c2-c2ccc(C#N)cc2)c1OCC(C)(C)C. The first-order valence-corrected chi connectivity index (χ1v) is 12.4. The van der Waals surface area contributed by atoms with Crippen molar-refractivity contribution >= 4 is 28.4 Å². The van der Waals surface area contributed by atoms with E-state index in [-0.39, 0.29) is 21.6 Å². The van der Waals surface area contributed by atoms with E-state index in [1.807, 2.05) is 26.8 Å². The molecule has 0 atom stereocenters. The van der Waals surface area contributed by atoms with Gasteiger partial charge < -0.3 is 9.47 Å². The fraction of sp³-hybridized carbons (Fsp3) is 0.250. The fourth-order valence-electron chi connectivity index (χ4n) is 3.70. The number of ether oxygens (including phenoxy) is 2. The van der Waals surface area contributed by atoms with Crippen LogP contribution in [0.15, 0.2) is 52.6 Å². The quantitative estimate of drug-likeness (QED) is 0.266. The van der Waals surface area contributed by atoms with E-state index in [1.54, 1.807) is 30.4 Å². The van der Waals surface area contributed by atoms with Crippen molar-refractivity contribution in [3.05, 3.63) is 80.7 Å². The smallest absolute Gasteiger partial charge is 0.432 e. The van der Waals surface area contributed by atoms with E-state index in [1.165, 1.54) is 31.4 Å². The second-order valence-corrected chi connectivity index (χ2v) is 10.5. The molecule has 0 aliphatic carbocycles. The van der Waals surface area contributed by atoms with Crippen LogP contribution in [0, 0.1) is 16.7 Å². The Morgan fingerprint density at radius 1 is 1.11 bits per heavy atom. The maximum absolute atomic E-state index is 13.6. The summed E-state index contributed by atoms with van der Waals surface area (Å²) in [6, 6.07) is 13.4. The van der Waals surface area contributed by atoms with E-state index in [4.69, 9.17) is 14.7 Å². The largest absolute Gasteiger partial charge is 0.493 e. The molecular formula is C28H24F3N3O3S. The third kappa shape index (κ3) is 5.58. The van der Waals surface area contributed by atoms with Crippen LogP contribution in [-0.4, -0.2) is 23.1 Å². The molecule has 2 aromatic carbocycles. The van der Waals surface area contributed by atoms with E-state index in [0.29, 0.717) is 39.2 Å². The Balaban J connectivity index is 1.91. The minimum absolute atomic E-state index is 0.0211. The maximum Gasteiger partial charge on any atom is 0.432 e. The Kier molecular flexibility index (Phi) is 7.33. The Morgan fingerprint density at radius 3 is 2.42 bits per heavy atom. The van der Waals surface area contributed by atoms with E-state index in [2.05, 4.69) is 4.98 Å². The van der Waals surface area contributed by atoms with Gasteiger partial charge in [-0.05, 0) is 41.3 Å². The second kappa shape index (κ2) is 10.3. The molecule has 196 valence electrons. The van der Waals surface area contributed by atoms with Gasteiger partial charge in [-0.1, -0.05) is 45.0 Å². The number of aromatic nitrogens is 2. The van der Waals surface area contributed by atoms with Crippen molar-refractivity contribution in [1.29, 1.82) is 5.26 Å². The van der Waals surface area contributed by atoms with Crippen molar-refractivity contribution in [1.82, 2.24) is 9.38 Å². The molecule has 0 radical (unpaired) electrons. The molecule has 0 N–H and O–H groups in total. The molecule has 0 amide bonds. The zero-order chi connectivity index (χ0) is 27.7. The molecular weight excluding hydrogens is 515 g/mol. The van der Waals surface area contributed by atoms with Gasteiger partial charge >= 0.3 is 6.18 Å². The van der Waals surface area contributed by atoms with Gasteiger partial charge in [0, 0.05) is 10.9 Å². The van der Waals surface area contributed by atoms with Gasteiger partial charge in [0.1, 0.15) is 5.69 Å².